The molecule has 3 nitrogen and oxygen atoms in total. The molecule has 4 rings (SSSR count). The van der Waals surface area contributed by atoms with E-state index in [1.165, 1.54) is 12.8 Å². The summed E-state index contributed by atoms with van der Waals surface area (Å²) in [5, 5.41) is 0. The Bertz CT molecular complexity index is 644. The second kappa shape index (κ2) is 2.73. The van der Waals surface area contributed by atoms with E-state index in [2.05, 4.69) is 4.98 Å². The molecule has 0 aromatic carbocycles. The van der Waals surface area contributed by atoms with Crippen molar-refractivity contribution in [1.29, 1.82) is 0 Å². The van der Waals surface area contributed by atoms with Gasteiger partial charge >= 0.3 is 0 Å². The van der Waals surface area contributed by atoms with Gasteiger partial charge in [-0.1, -0.05) is 6.07 Å². The lowest BCUT2D eigenvalue weighted by atomic mass is 9.97. The smallest absolute Gasteiger partial charge is 0.261 e. The van der Waals surface area contributed by atoms with Crippen LogP contribution in [0.3, 0.4) is 0 Å². The van der Waals surface area contributed by atoms with Crippen molar-refractivity contribution >= 4 is 5.65 Å². The number of pyridine rings is 1. The molecule has 2 aromatic heterocycles. The minimum Gasteiger partial charge on any atom is -0.269 e. The zero-order valence-corrected chi connectivity index (χ0v) is 8.89. The first-order valence-electron chi connectivity index (χ1n) is 5.86. The largest absolute Gasteiger partial charge is 0.269 e. The third kappa shape index (κ3) is 0.889. The highest BCUT2D eigenvalue weighted by Crippen LogP contribution is 2.50. The van der Waals surface area contributed by atoms with Crippen LogP contribution in [-0.2, 0) is 0 Å². The van der Waals surface area contributed by atoms with Crippen molar-refractivity contribution < 1.29 is 0 Å². The van der Waals surface area contributed by atoms with Crippen LogP contribution in [0.15, 0.2) is 29.2 Å². The maximum atomic E-state index is 12.3. The van der Waals surface area contributed by atoms with Crippen molar-refractivity contribution in [3.05, 3.63) is 46.0 Å². The third-order valence-corrected chi connectivity index (χ3v) is 4.03. The quantitative estimate of drug-likeness (QED) is 0.670. The van der Waals surface area contributed by atoms with Crippen LogP contribution in [0.4, 0.5) is 0 Å². The maximum Gasteiger partial charge on any atom is 0.261 e. The predicted molar refractivity (Wildman–Crippen MR) is 60.8 cm³/mol. The first kappa shape index (κ1) is 8.50. The van der Waals surface area contributed by atoms with E-state index < -0.39 is 0 Å². The number of rotatable bonds is 0. The van der Waals surface area contributed by atoms with Gasteiger partial charge in [0.15, 0.2) is 0 Å². The van der Waals surface area contributed by atoms with Crippen molar-refractivity contribution in [2.75, 3.05) is 0 Å². The van der Waals surface area contributed by atoms with Gasteiger partial charge in [-0.25, -0.2) is 4.98 Å². The zero-order valence-electron chi connectivity index (χ0n) is 8.89. The molecular weight excluding hydrogens is 200 g/mol. The van der Waals surface area contributed by atoms with Crippen molar-refractivity contribution in [3.8, 4) is 0 Å². The summed E-state index contributed by atoms with van der Waals surface area (Å²) in [5.74, 6) is 1.04. The topological polar surface area (TPSA) is 34.4 Å². The van der Waals surface area contributed by atoms with Gasteiger partial charge in [-0.3, -0.25) is 9.20 Å². The summed E-state index contributed by atoms with van der Waals surface area (Å²) >= 11 is 0. The number of fused-ring (bicyclic) bond motifs is 6. The molecule has 2 aromatic rings. The molecule has 2 bridgehead atoms. The molecule has 2 aliphatic carbocycles. The van der Waals surface area contributed by atoms with Crippen LogP contribution in [0.2, 0.25) is 0 Å². The Morgan fingerprint density at radius 3 is 3.06 bits per heavy atom. The SMILES string of the molecule is O=c1c2c(nc3ccccn13)C1CCC2C1. The summed E-state index contributed by atoms with van der Waals surface area (Å²) in [6.07, 6.45) is 5.35. The Hall–Kier alpha value is -1.64. The minimum absolute atomic E-state index is 0.160. The Kier molecular flexibility index (Phi) is 1.45. The normalized spacial score (nSPS) is 26.2. The van der Waals surface area contributed by atoms with Gasteiger partial charge in [0, 0.05) is 17.7 Å². The molecule has 1 fully saturated rings. The van der Waals surface area contributed by atoms with Crippen LogP contribution in [0.25, 0.3) is 5.65 Å². The van der Waals surface area contributed by atoms with Crippen LogP contribution in [-0.4, -0.2) is 9.38 Å². The number of aromatic nitrogens is 2. The lowest BCUT2D eigenvalue weighted by Crippen LogP contribution is -2.23. The third-order valence-electron chi connectivity index (χ3n) is 4.03. The Balaban J connectivity index is 2.17. The minimum atomic E-state index is 0.160. The van der Waals surface area contributed by atoms with E-state index in [1.807, 2.05) is 24.4 Å². The summed E-state index contributed by atoms with van der Waals surface area (Å²) in [7, 11) is 0. The Labute approximate surface area is 92.8 Å². The molecule has 2 aliphatic rings. The molecule has 2 unspecified atom stereocenters. The summed E-state index contributed by atoms with van der Waals surface area (Å²) in [6, 6.07) is 5.73. The van der Waals surface area contributed by atoms with Gasteiger partial charge in [-0.2, -0.15) is 0 Å². The fourth-order valence-corrected chi connectivity index (χ4v) is 3.31. The molecule has 0 aliphatic heterocycles. The average molecular weight is 212 g/mol. The van der Waals surface area contributed by atoms with Gasteiger partial charge in [0.2, 0.25) is 0 Å². The lowest BCUT2D eigenvalue weighted by Gasteiger charge is -2.14. The molecule has 0 radical (unpaired) electrons. The van der Waals surface area contributed by atoms with Gasteiger partial charge in [0.1, 0.15) is 5.65 Å². The van der Waals surface area contributed by atoms with Gasteiger partial charge in [-0.05, 0) is 37.3 Å². The monoisotopic (exact) mass is 212 g/mol. The number of hydrogen-bond donors (Lipinski definition) is 0. The summed E-state index contributed by atoms with van der Waals surface area (Å²) in [5.41, 5.74) is 3.04. The van der Waals surface area contributed by atoms with E-state index in [9.17, 15) is 4.79 Å². The second-order valence-corrected chi connectivity index (χ2v) is 4.85. The summed E-state index contributed by atoms with van der Waals surface area (Å²) in [6.45, 7) is 0. The van der Waals surface area contributed by atoms with Crippen LogP contribution >= 0.6 is 0 Å². The molecule has 3 heteroatoms. The van der Waals surface area contributed by atoms with Crippen molar-refractivity contribution in [2.45, 2.75) is 31.1 Å². The highest BCUT2D eigenvalue weighted by atomic mass is 16.1. The van der Waals surface area contributed by atoms with E-state index in [-0.39, 0.29) is 5.56 Å². The summed E-state index contributed by atoms with van der Waals surface area (Å²) in [4.78, 5) is 17.0. The van der Waals surface area contributed by atoms with Crippen LogP contribution in [0, 0.1) is 0 Å². The Morgan fingerprint density at radius 1 is 1.25 bits per heavy atom. The highest BCUT2D eigenvalue weighted by Gasteiger charge is 2.40. The zero-order chi connectivity index (χ0) is 10.7. The molecule has 0 N–H and O–H groups in total. The number of hydrogen-bond acceptors (Lipinski definition) is 2. The van der Waals surface area contributed by atoms with Gasteiger partial charge < -0.3 is 0 Å². The molecule has 1 saturated carbocycles. The van der Waals surface area contributed by atoms with Crippen molar-refractivity contribution in [2.24, 2.45) is 0 Å². The van der Waals surface area contributed by atoms with Crippen LogP contribution < -0.4 is 5.56 Å². The number of nitrogens with zero attached hydrogens (tertiary/aromatic N) is 2. The van der Waals surface area contributed by atoms with E-state index in [0.717, 1.165) is 23.3 Å². The maximum absolute atomic E-state index is 12.3. The molecule has 16 heavy (non-hydrogen) atoms. The second-order valence-electron chi connectivity index (χ2n) is 4.85. The van der Waals surface area contributed by atoms with E-state index in [0.29, 0.717) is 11.8 Å². The molecule has 0 spiro atoms. The lowest BCUT2D eigenvalue weighted by molar-refractivity contribution is 0.686. The summed E-state index contributed by atoms with van der Waals surface area (Å²) < 4.78 is 1.68. The van der Waals surface area contributed by atoms with E-state index >= 15 is 0 Å². The average Bonchev–Trinajstić information content (AvgIpc) is 2.90. The van der Waals surface area contributed by atoms with Gasteiger partial charge in [0.05, 0.1) is 5.69 Å². The molecular formula is C13H12N2O. The standard InChI is InChI=1S/C13H12N2O/c16-13-11-8-4-5-9(7-8)12(11)14-10-3-1-2-6-15(10)13/h1-3,6,8-9H,4-5,7H2. The van der Waals surface area contributed by atoms with E-state index in [1.54, 1.807) is 4.40 Å². The van der Waals surface area contributed by atoms with Crippen LogP contribution in [0.1, 0.15) is 42.4 Å². The Morgan fingerprint density at radius 2 is 2.12 bits per heavy atom. The van der Waals surface area contributed by atoms with Gasteiger partial charge in [-0.15, -0.1) is 0 Å². The first-order chi connectivity index (χ1) is 7.84. The van der Waals surface area contributed by atoms with Crippen molar-refractivity contribution in [3.63, 3.8) is 0 Å². The molecule has 0 amide bonds. The van der Waals surface area contributed by atoms with Crippen LogP contribution in [0.5, 0.6) is 0 Å². The molecule has 2 atom stereocenters. The highest BCUT2D eigenvalue weighted by molar-refractivity contribution is 5.45. The van der Waals surface area contributed by atoms with Gasteiger partial charge in [0.25, 0.3) is 5.56 Å². The molecule has 2 heterocycles. The molecule has 80 valence electrons. The van der Waals surface area contributed by atoms with Crippen molar-refractivity contribution in [1.82, 2.24) is 9.38 Å². The van der Waals surface area contributed by atoms with E-state index in [4.69, 9.17) is 0 Å². The predicted octanol–water partition coefficient (Wildman–Crippen LogP) is 2.06. The fourth-order valence-electron chi connectivity index (χ4n) is 3.31. The fraction of sp³-hybridized carbons (Fsp3) is 0.385. The first-order valence-corrected chi connectivity index (χ1v) is 5.86. The molecule has 0 saturated heterocycles.